The number of hydrogen-bond acceptors (Lipinski definition) is 1. The van der Waals surface area contributed by atoms with Gasteiger partial charge in [-0.1, -0.05) is 28.9 Å². The van der Waals surface area contributed by atoms with Gasteiger partial charge in [0, 0.05) is 4.83 Å². The first-order valence-electron chi connectivity index (χ1n) is 4.44. The van der Waals surface area contributed by atoms with Gasteiger partial charge < -0.3 is 5.11 Å². The number of hydrogen-bond donors (Lipinski definition) is 1. The molecule has 0 radical (unpaired) electrons. The number of phenols is 1. The summed E-state index contributed by atoms with van der Waals surface area (Å²) in [5.74, 6) is 0.411. The molecule has 1 rings (SSSR count). The van der Waals surface area contributed by atoms with Crippen molar-refractivity contribution in [1.29, 1.82) is 0 Å². The van der Waals surface area contributed by atoms with Crippen molar-refractivity contribution in [3.63, 3.8) is 0 Å². The molecule has 1 nitrogen and oxygen atoms in total. The van der Waals surface area contributed by atoms with Gasteiger partial charge in [0.1, 0.15) is 5.75 Å². The number of alkyl halides is 1. The lowest BCUT2D eigenvalue weighted by Crippen LogP contribution is -1.98. The van der Waals surface area contributed by atoms with Crippen LogP contribution in [0.15, 0.2) is 12.1 Å². The zero-order chi connectivity index (χ0) is 10.0. The highest BCUT2D eigenvalue weighted by Gasteiger charge is 2.06. The molecule has 0 aliphatic carbocycles. The summed E-state index contributed by atoms with van der Waals surface area (Å²) >= 11 is 3.48. The van der Waals surface area contributed by atoms with Gasteiger partial charge in [0.15, 0.2) is 0 Å². The van der Waals surface area contributed by atoms with E-state index < -0.39 is 0 Å². The molecule has 1 unspecified atom stereocenters. The Morgan fingerprint density at radius 2 is 1.85 bits per heavy atom. The van der Waals surface area contributed by atoms with Gasteiger partial charge in [-0.05, 0) is 43.0 Å². The van der Waals surface area contributed by atoms with Crippen LogP contribution in [0.1, 0.15) is 23.6 Å². The van der Waals surface area contributed by atoms with Crippen molar-refractivity contribution in [3.05, 3.63) is 28.8 Å². The van der Waals surface area contributed by atoms with E-state index in [-0.39, 0.29) is 0 Å². The molecule has 0 saturated heterocycles. The molecule has 0 spiro atoms. The molecule has 1 atom stereocenters. The van der Waals surface area contributed by atoms with Crippen LogP contribution in [0, 0.1) is 13.8 Å². The van der Waals surface area contributed by atoms with E-state index in [1.165, 1.54) is 5.56 Å². The molecule has 1 N–H and O–H groups in total. The Kier molecular flexibility index (Phi) is 3.37. The second-order valence-corrected chi connectivity index (χ2v) is 5.11. The molecule has 0 aromatic heterocycles. The van der Waals surface area contributed by atoms with Crippen LogP contribution in [0.25, 0.3) is 0 Å². The molecule has 0 bridgehead atoms. The van der Waals surface area contributed by atoms with E-state index in [4.69, 9.17) is 0 Å². The standard InChI is InChI=1S/C11H15BrO/c1-7-4-10(6-9(3)12)11(13)5-8(7)2/h4-5,9,13H,6H2,1-3H3. The van der Waals surface area contributed by atoms with E-state index in [0.717, 1.165) is 17.5 Å². The van der Waals surface area contributed by atoms with E-state index in [0.29, 0.717) is 10.6 Å². The Labute approximate surface area is 87.9 Å². The summed E-state index contributed by atoms with van der Waals surface area (Å²) in [6.45, 7) is 6.15. The van der Waals surface area contributed by atoms with Crippen molar-refractivity contribution in [1.82, 2.24) is 0 Å². The van der Waals surface area contributed by atoms with Gasteiger partial charge in [0.05, 0.1) is 0 Å². The Balaban J connectivity index is 3.01. The quantitative estimate of drug-likeness (QED) is 0.790. The minimum atomic E-state index is 0.403. The third-order valence-electron chi connectivity index (χ3n) is 2.20. The summed E-state index contributed by atoms with van der Waals surface area (Å²) < 4.78 is 0. The number of phenolic OH excluding ortho intramolecular Hbond substituents is 1. The first-order valence-corrected chi connectivity index (χ1v) is 5.35. The molecule has 0 aliphatic heterocycles. The molecular weight excluding hydrogens is 228 g/mol. The van der Waals surface area contributed by atoms with Crippen LogP contribution in [-0.4, -0.2) is 9.93 Å². The molecular formula is C11H15BrO. The second kappa shape index (κ2) is 4.14. The average Bonchev–Trinajstić information content (AvgIpc) is 1.99. The first-order chi connectivity index (χ1) is 6.00. The minimum absolute atomic E-state index is 0.403. The maximum absolute atomic E-state index is 9.64. The Hall–Kier alpha value is -0.500. The maximum atomic E-state index is 9.64. The van der Waals surface area contributed by atoms with Crippen molar-refractivity contribution >= 4 is 15.9 Å². The highest BCUT2D eigenvalue weighted by Crippen LogP contribution is 2.24. The Morgan fingerprint density at radius 1 is 1.31 bits per heavy atom. The molecule has 0 fully saturated rings. The molecule has 0 amide bonds. The summed E-state index contributed by atoms with van der Waals surface area (Å²) in [4.78, 5) is 0.403. The fourth-order valence-corrected chi connectivity index (χ4v) is 1.68. The molecule has 0 heterocycles. The number of rotatable bonds is 2. The van der Waals surface area contributed by atoms with E-state index in [1.807, 2.05) is 13.0 Å². The Morgan fingerprint density at radius 3 is 2.38 bits per heavy atom. The summed E-state index contributed by atoms with van der Waals surface area (Å²) in [6, 6.07) is 3.89. The van der Waals surface area contributed by atoms with Crippen molar-refractivity contribution in [2.75, 3.05) is 0 Å². The van der Waals surface area contributed by atoms with E-state index in [2.05, 4.69) is 35.8 Å². The van der Waals surface area contributed by atoms with Crippen molar-refractivity contribution in [2.24, 2.45) is 0 Å². The fourth-order valence-electron chi connectivity index (χ4n) is 1.33. The topological polar surface area (TPSA) is 20.2 Å². The number of halogens is 1. The van der Waals surface area contributed by atoms with Crippen molar-refractivity contribution < 1.29 is 5.11 Å². The van der Waals surface area contributed by atoms with Gasteiger partial charge in [-0.2, -0.15) is 0 Å². The summed E-state index contributed by atoms with van der Waals surface area (Å²) in [7, 11) is 0. The van der Waals surface area contributed by atoms with Crippen LogP contribution in [-0.2, 0) is 6.42 Å². The normalized spacial score (nSPS) is 12.9. The predicted octanol–water partition coefficient (Wildman–Crippen LogP) is 3.33. The highest BCUT2D eigenvalue weighted by atomic mass is 79.9. The zero-order valence-electron chi connectivity index (χ0n) is 8.26. The lowest BCUT2D eigenvalue weighted by atomic mass is 10.0. The summed E-state index contributed by atoms with van der Waals surface area (Å²) in [5.41, 5.74) is 3.40. The molecule has 1 aromatic rings. The van der Waals surface area contributed by atoms with E-state index in [9.17, 15) is 5.11 Å². The van der Waals surface area contributed by atoms with Gasteiger partial charge in [-0.25, -0.2) is 0 Å². The number of aromatic hydroxyl groups is 1. The van der Waals surface area contributed by atoms with Gasteiger partial charge >= 0.3 is 0 Å². The van der Waals surface area contributed by atoms with Gasteiger partial charge in [0.25, 0.3) is 0 Å². The largest absolute Gasteiger partial charge is 0.508 e. The molecule has 0 aliphatic rings. The Bertz CT molecular complexity index is 305. The van der Waals surface area contributed by atoms with Gasteiger partial charge in [-0.3, -0.25) is 0 Å². The van der Waals surface area contributed by atoms with Gasteiger partial charge in [0.2, 0.25) is 0 Å². The fraction of sp³-hybridized carbons (Fsp3) is 0.455. The van der Waals surface area contributed by atoms with Crippen LogP contribution in [0.2, 0.25) is 0 Å². The molecule has 2 heteroatoms. The first kappa shape index (κ1) is 10.6. The number of aryl methyl sites for hydroxylation is 2. The summed E-state index contributed by atoms with van der Waals surface area (Å²) in [6.07, 6.45) is 0.868. The van der Waals surface area contributed by atoms with Crippen molar-refractivity contribution in [2.45, 2.75) is 32.0 Å². The van der Waals surface area contributed by atoms with E-state index >= 15 is 0 Å². The molecule has 13 heavy (non-hydrogen) atoms. The van der Waals surface area contributed by atoms with Crippen LogP contribution in [0.3, 0.4) is 0 Å². The lowest BCUT2D eigenvalue weighted by Gasteiger charge is -2.09. The van der Waals surface area contributed by atoms with Crippen molar-refractivity contribution in [3.8, 4) is 5.75 Å². The number of benzene rings is 1. The predicted molar refractivity (Wildman–Crippen MR) is 59.7 cm³/mol. The van der Waals surface area contributed by atoms with Gasteiger partial charge in [-0.15, -0.1) is 0 Å². The molecule has 0 saturated carbocycles. The zero-order valence-corrected chi connectivity index (χ0v) is 9.85. The van der Waals surface area contributed by atoms with E-state index in [1.54, 1.807) is 0 Å². The second-order valence-electron chi connectivity index (χ2n) is 3.55. The monoisotopic (exact) mass is 242 g/mol. The van der Waals surface area contributed by atoms with Crippen LogP contribution in [0.4, 0.5) is 0 Å². The smallest absolute Gasteiger partial charge is 0.119 e. The lowest BCUT2D eigenvalue weighted by molar-refractivity contribution is 0.467. The maximum Gasteiger partial charge on any atom is 0.119 e. The summed E-state index contributed by atoms with van der Waals surface area (Å²) in [5, 5.41) is 9.64. The molecule has 1 aromatic carbocycles. The molecule has 72 valence electrons. The SMILES string of the molecule is Cc1cc(O)c(CC(C)Br)cc1C. The average molecular weight is 243 g/mol. The van der Waals surface area contributed by atoms with Crippen LogP contribution >= 0.6 is 15.9 Å². The third kappa shape index (κ3) is 2.73. The third-order valence-corrected chi connectivity index (χ3v) is 2.52. The van der Waals surface area contributed by atoms with Crippen LogP contribution in [0.5, 0.6) is 5.75 Å². The minimum Gasteiger partial charge on any atom is -0.508 e. The van der Waals surface area contributed by atoms with Crippen LogP contribution < -0.4 is 0 Å². The highest BCUT2D eigenvalue weighted by molar-refractivity contribution is 9.09.